The number of alkyl halides is 1. The predicted molar refractivity (Wildman–Crippen MR) is 118 cm³/mol. The summed E-state index contributed by atoms with van der Waals surface area (Å²) >= 11 is 5.97. The molecule has 0 saturated heterocycles. The lowest BCUT2D eigenvalue weighted by atomic mass is 9.86. The molecule has 1 atom stereocenters. The number of benzene rings is 1. The fraction of sp³-hybridized carbons (Fsp3) is 0.375. The lowest BCUT2D eigenvalue weighted by Gasteiger charge is -2.31. The van der Waals surface area contributed by atoms with E-state index in [-0.39, 0.29) is 35.5 Å². The largest absolute Gasteiger partial charge is 0.458 e. The molecule has 2 aliphatic heterocycles. The number of fused-ring (bicyclic) bond motifs is 5. The molecule has 0 aliphatic carbocycles. The first kappa shape index (κ1) is 21.1. The first-order valence-electron chi connectivity index (χ1n) is 10.6. The average molecular weight is 457 g/mol. The van der Waals surface area contributed by atoms with E-state index in [0.29, 0.717) is 41.3 Å². The van der Waals surface area contributed by atoms with Crippen molar-refractivity contribution < 1.29 is 19.0 Å². The van der Waals surface area contributed by atoms with Gasteiger partial charge < -0.3 is 14.4 Å². The molecule has 0 unspecified atom stereocenters. The third-order valence-electron chi connectivity index (χ3n) is 6.65. The summed E-state index contributed by atoms with van der Waals surface area (Å²) < 4.78 is 21.1. The normalized spacial score (nSPS) is 19.0. The Hall–Kier alpha value is -2.77. The number of aliphatic hydroxyl groups is 1. The van der Waals surface area contributed by atoms with Gasteiger partial charge in [0.1, 0.15) is 12.4 Å². The van der Waals surface area contributed by atoms with Crippen LogP contribution in [0.5, 0.6) is 0 Å². The van der Waals surface area contributed by atoms with Crippen LogP contribution in [0.15, 0.2) is 23.0 Å². The van der Waals surface area contributed by atoms with Crippen molar-refractivity contribution in [2.24, 2.45) is 0 Å². The number of hydrogen-bond acceptors (Lipinski definition) is 5. The molecule has 4 heterocycles. The number of esters is 1. The second kappa shape index (κ2) is 7.39. The number of nitrogens with zero attached hydrogens (tertiary/aromatic N) is 2. The van der Waals surface area contributed by atoms with Gasteiger partial charge in [-0.15, -0.1) is 11.6 Å². The van der Waals surface area contributed by atoms with E-state index >= 15 is 0 Å². The SMILES string of the molecule is CC[C@@]1(O)C(=O)OCc2c1cc1n(c2=O)Cc2c-1nc1cc(F)c(C)cc1c2CCCCl. The molecule has 3 aromatic rings. The molecule has 0 saturated carbocycles. The molecular formula is C24H22ClFN2O4. The molecule has 6 nitrogen and oxygen atoms in total. The van der Waals surface area contributed by atoms with Gasteiger partial charge in [0.2, 0.25) is 0 Å². The highest BCUT2D eigenvalue weighted by atomic mass is 35.5. The van der Waals surface area contributed by atoms with Crippen molar-refractivity contribution in [2.75, 3.05) is 5.88 Å². The van der Waals surface area contributed by atoms with Gasteiger partial charge >= 0.3 is 5.97 Å². The van der Waals surface area contributed by atoms with Gasteiger partial charge in [0.05, 0.1) is 29.0 Å². The van der Waals surface area contributed by atoms with E-state index in [0.717, 1.165) is 22.9 Å². The zero-order valence-electron chi connectivity index (χ0n) is 17.8. The minimum Gasteiger partial charge on any atom is -0.458 e. The number of cyclic esters (lactones) is 1. The van der Waals surface area contributed by atoms with Crippen molar-refractivity contribution >= 4 is 28.5 Å². The standard InChI is InChI=1S/C24H22ClFN2O4/c1-3-24(31)17-8-20-21-15(10-28(20)22(29)16(17)11-32-23(24)30)13(5-4-6-25)14-7-12(2)18(26)9-19(14)27-21/h7-9,31H,3-6,10-11H2,1-2H3/t24-/m0/s1. The maximum atomic E-state index is 14.4. The number of aromatic nitrogens is 2. The third-order valence-corrected chi connectivity index (χ3v) is 6.91. The summed E-state index contributed by atoms with van der Waals surface area (Å²) in [5, 5.41) is 11.9. The van der Waals surface area contributed by atoms with Gasteiger partial charge in [0.25, 0.3) is 5.56 Å². The highest BCUT2D eigenvalue weighted by Crippen LogP contribution is 2.40. The predicted octanol–water partition coefficient (Wildman–Crippen LogP) is 3.70. The van der Waals surface area contributed by atoms with Crippen LogP contribution in [0, 0.1) is 12.7 Å². The number of pyridine rings is 2. The minimum atomic E-state index is -1.88. The zero-order valence-corrected chi connectivity index (χ0v) is 18.6. The van der Waals surface area contributed by atoms with Crippen LogP contribution >= 0.6 is 11.6 Å². The average Bonchev–Trinajstić information content (AvgIpc) is 3.14. The highest BCUT2D eigenvalue weighted by Gasteiger charge is 2.45. The number of aryl methyl sites for hydroxylation is 2. The van der Waals surface area contributed by atoms with Crippen molar-refractivity contribution in [3.8, 4) is 11.4 Å². The van der Waals surface area contributed by atoms with Gasteiger partial charge in [0.15, 0.2) is 5.60 Å². The summed E-state index contributed by atoms with van der Waals surface area (Å²) in [7, 11) is 0. The van der Waals surface area contributed by atoms with Crippen molar-refractivity contribution in [1.82, 2.24) is 9.55 Å². The number of rotatable bonds is 4. The Kier molecular flexibility index (Phi) is 4.87. The second-order valence-electron chi connectivity index (χ2n) is 8.43. The molecular weight excluding hydrogens is 435 g/mol. The van der Waals surface area contributed by atoms with Crippen molar-refractivity contribution in [1.29, 1.82) is 0 Å². The maximum absolute atomic E-state index is 14.4. The topological polar surface area (TPSA) is 81.4 Å². The zero-order chi connectivity index (χ0) is 22.8. The van der Waals surface area contributed by atoms with Gasteiger partial charge in [0, 0.05) is 28.5 Å². The Balaban J connectivity index is 1.81. The van der Waals surface area contributed by atoms with Gasteiger partial charge in [-0.1, -0.05) is 6.92 Å². The van der Waals surface area contributed by atoms with E-state index < -0.39 is 11.6 Å². The van der Waals surface area contributed by atoms with Crippen LogP contribution in [0.2, 0.25) is 0 Å². The maximum Gasteiger partial charge on any atom is 0.343 e. The Bertz CT molecular complexity index is 1370. The second-order valence-corrected chi connectivity index (χ2v) is 8.81. The fourth-order valence-corrected chi connectivity index (χ4v) is 4.95. The van der Waals surface area contributed by atoms with E-state index in [1.54, 1.807) is 30.5 Å². The molecule has 1 N–H and O–H groups in total. The van der Waals surface area contributed by atoms with Crippen molar-refractivity contribution in [3.05, 3.63) is 62.2 Å². The number of carbonyl (C=O) groups excluding carboxylic acids is 1. The van der Waals surface area contributed by atoms with Gasteiger partial charge in [-0.25, -0.2) is 14.2 Å². The smallest absolute Gasteiger partial charge is 0.343 e. The summed E-state index contributed by atoms with van der Waals surface area (Å²) in [5.41, 5.74) is 2.34. The molecule has 0 bridgehead atoms. The summed E-state index contributed by atoms with van der Waals surface area (Å²) in [6.07, 6.45) is 1.47. The molecule has 2 aliphatic rings. The number of hydrogen-bond donors (Lipinski definition) is 1. The molecule has 32 heavy (non-hydrogen) atoms. The molecule has 8 heteroatoms. The molecule has 1 aromatic carbocycles. The Morgan fingerprint density at radius 2 is 2.06 bits per heavy atom. The van der Waals surface area contributed by atoms with E-state index in [1.165, 1.54) is 6.07 Å². The summed E-state index contributed by atoms with van der Waals surface area (Å²) in [5.74, 6) is -0.637. The van der Waals surface area contributed by atoms with E-state index in [2.05, 4.69) is 0 Å². The van der Waals surface area contributed by atoms with Gasteiger partial charge in [-0.3, -0.25) is 4.79 Å². The molecule has 0 radical (unpaired) electrons. The third kappa shape index (κ3) is 2.84. The lowest BCUT2D eigenvalue weighted by molar-refractivity contribution is -0.172. The number of ether oxygens (including phenoxy) is 1. The number of carbonyl (C=O) groups is 1. The van der Waals surface area contributed by atoms with Crippen LogP contribution in [-0.2, 0) is 34.7 Å². The van der Waals surface area contributed by atoms with Crippen molar-refractivity contribution in [2.45, 2.75) is 51.9 Å². The van der Waals surface area contributed by atoms with Crippen LogP contribution in [0.3, 0.4) is 0 Å². The fourth-order valence-electron chi connectivity index (χ4n) is 4.82. The minimum absolute atomic E-state index is 0.0746. The van der Waals surface area contributed by atoms with Crippen molar-refractivity contribution in [3.63, 3.8) is 0 Å². The highest BCUT2D eigenvalue weighted by molar-refractivity contribution is 6.17. The van der Waals surface area contributed by atoms with Crippen LogP contribution in [0.25, 0.3) is 22.3 Å². The van der Waals surface area contributed by atoms with Crippen LogP contribution < -0.4 is 5.56 Å². The molecule has 0 fully saturated rings. The van der Waals surface area contributed by atoms with E-state index in [9.17, 15) is 19.1 Å². The van der Waals surface area contributed by atoms with Crippen LogP contribution in [0.4, 0.5) is 4.39 Å². The molecule has 0 amide bonds. The Morgan fingerprint density at radius 1 is 1.28 bits per heavy atom. The Morgan fingerprint density at radius 3 is 2.78 bits per heavy atom. The molecule has 166 valence electrons. The molecule has 0 spiro atoms. The van der Waals surface area contributed by atoms with E-state index in [4.69, 9.17) is 21.3 Å². The molecule has 5 rings (SSSR count). The first-order chi connectivity index (χ1) is 15.3. The van der Waals surface area contributed by atoms with E-state index in [1.807, 2.05) is 0 Å². The van der Waals surface area contributed by atoms with Gasteiger partial charge in [-0.05, 0) is 49.4 Å². The first-order valence-corrected chi connectivity index (χ1v) is 11.2. The number of halogens is 2. The molecule has 2 aromatic heterocycles. The summed E-state index contributed by atoms with van der Waals surface area (Å²) in [4.78, 5) is 30.4. The Labute approximate surface area is 188 Å². The van der Waals surface area contributed by atoms with Crippen LogP contribution in [0.1, 0.15) is 47.6 Å². The summed E-state index contributed by atoms with van der Waals surface area (Å²) in [6, 6.07) is 4.87. The lowest BCUT2D eigenvalue weighted by Crippen LogP contribution is -2.44. The van der Waals surface area contributed by atoms with Crippen LogP contribution in [-0.4, -0.2) is 26.5 Å². The van der Waals surface area contributed by atoms with Gasteiger partial charge in [-0.2, -0.15) is 0 Å². The monoisotopic (exact) mass is 456 g/mol. The quantitative estimate of drug-likeness (QED) is 0.374. The summed E-state index contributed by atoms with van der Waals surface area (Å²) in [6.45, 7) is 3.51.